The number of esters is 2. The van der Waals surface area contributed by atoms with E-state index in [1.165, 1.54) is 77.0 Å². The molecule has 0 fully saturated rings. The molecule has 1 unspecified atom stereocenters. The molecule has 0 heterocycles. The zero-order valence-electron chi connectivity index (χ0n) is 19.7. The van der Waals surface area contributed by atoms with Gasteiger partial charge in [-0.05, 0) is 12.8 Å². The van der Waals surface area contributed by atoms with Gasteiger partial charge >= 0.3 is 11.9 Å². The number of carbonyl (C=O) groups excluding carboxylic acids is 2. The lowest BCUT2D eigenvalue weighted by molar-refractivity contribution is -0.157. The molecule has 0 aromatic heterocycles. The molecule has 30 heavy (non-hydrogen) atoms. The SMILES string of the molecule is CCCCCCCCCCCC(=O)OCC(CCl)OC(=O)CCCCCCCCC. The fraction of sp³-hybridized carbons (Fsp3) is 0.920. The van der Waals surface area contributed by atoms with E-state index in [1.54, 1.807) is 0 Å². The summed E-state index contributed by atoms with van der Waals surface area (Å²) in [6.07, 6.45) is 19.4. The molecule has 1 atom stereocenters. The third-order valence-corrected chi connectivity index (χ3v) is 5.71. The van der Waals surface area contributed by atoms with Gasteiger partial charge in [-0.2, -0.15) is 0 Å². The largest absolute Gasteiger partial charge is 0.462 e. The molecule has 0 aliphatic rings. The number of halogens is 1. The molecule has 0 radical (unpaired) electrons. The Morgan fingerprint density at radius 2 is 1.03 bits per heavy atom. The zero-order valence-corrected chi connectivity index (χ0v) is 20.5. The van der Waals surface area contributed by atoms with E-state index in [4.69, 9.17) is 21.1 Å². The lowest BCUT2D eigenvalue weighted by Crippen LogP contribution is -2.26. The first-order valence-corrected chi connectivity index (χ1v) is 13.1. The first kappa shape index (κ1) is 29.2. The number of hydrogen-bond donors (Lipinski definition) is 0. The minimum absolute atomic E-state index is 0.0581. The van der Waals surface area contributed by atoms with E-state index < -0.39 is 6.10 Å². The summed E-state index contributed by atoms with van der Waals surface area (Å²) in [5, 5.41) is 0. The van der Waals surface area contributed by atoms with E-state index in [2.05, 4.69) is 13.8 Å². The molecule has 0 aliphatic heterocycles. The van der Waals surface area contributed by atoms with Crippen LogP contribution in [-0.4, -0.2) is 30.5 Å². The highest BCUT2D eigenvalue weighted by atomic mass is 35.5. The normalized spacial score (nSPS) is 12.0. The van der Waals surface area contributed by atoms with Crippen LogP contribution in [0.3, 0.4) is 0 Å². The third kappa shape index (κ3) is 20.5. The fourth-order valence-corrected chi connectivity index (χ4v) is 3.57. The highest BCUT2D eigenvalue weighted by Crippen LogP contribution is 2.12. The maximum atomic E-state index is 11.9. The number of hydrogen-bond acceptors (Lipinski definition) is 4. The standard InChI is InChI=1S/C25H47ClO4/c1-3-5-7-9-11-12-14-15-17-19-24(27)29-22-23(21-26)30-25(28)20-18-16-13-10-8-6-4-2/h23H,3-22H2,1-2H3. The average molecular weight is 447 g/mol. The quantitative estimate of drug-likeness (QED) is 0.0968. The topological polar surface area (TPSA) is 52.6 Å². The van der Waals surface area contributed by atoms with Gasteiger partial charge in [0.25, 0.3) is 0 Å². The van der Waals surface area contributed by atoms with Crippen molar-refractivity contribution in [3.63, 3.8) is 0 Å². The minimum atomic E-state index is -0.546. The third-order valence-electron chi connectivity index (χ3n) is 5.37. The van der Waals surface area contributed by atoms with Gasteiger partial charge in [0, 0.05) is 12.8 Å². The molecule has 0 N–H and O–H groups in total. The Hall–Kier alpha value is -0.770. The van der Waals surface area contributed by atoms with Crippen molar-refractivity contribution >= 4 is 23.5 Å². The second kappa shape index (κ2) is 22.9. The van der Waals surface area contributed by atoms with Crippen LogP contribution in [0.2, 0.25) is 0 Å². The second-order valence-electron chi connectivity index (χ2n) is 8.40. The van der Waals surface area contributed by atoms with Crippen molar-refractivity contribution in [2.45, 2.75) is 136 Å². The Labute approximate surface area is 190 Å². The maximum Gasteiger partial charge on any atom is 0.306 e. The molecule has 0 saturated carbocycles. The molecular formula is C25H47ClO4. The summed E-state index contributed by atoms with van der Waals surface area (Å²) >= 11 is 5.87. The van der Waals surface area contributed by atoms with Crippen molar-refractivity contribution in [2.75, 3.05) is 12.5 Å². The van der Waals surface area contributed by atoms with Crippen molar-refractivity contribution in [1.29, 1.82) is 0 Å². The van der Waals surface area contributed by atoms with Gasteiger partial charge in [0.15, 0.2) is 0 Å². The van der Waals surface area contributed by atoms with Crippen LogP contribution in [0.25, 0.3) is 0 Å². The molecule has 5 heteroatoms. The molecule has 4 nitrogen and oxygen atoms in total. The molecule has 0 aromatic rings. The van der Waals surface area contributed by atoms with Crippen LogP contribution in [-0.2, 0) is 19.1 Å². The van der Waals surface area contributed by atoms with Gasteiger partial charge in [0.2, 0.25) is 0 Å². The maximum absolute atomic E-state index is 11.9. The molecule has 0 rings (SSSR count). The number of carbonyl (C=O) groups is 2. The molecule has 178 valence electrons. The van der Waals surface area contributed by atoms with Gasteiger partial charge < -0.3 is 9.47 Å². The highest BCUT2D eigenvalue weighted by Gasteiger charge is 2.16. The Kier molecular flexibility index (Phi) is 22.3. The van der Waals surface area contributed by atoms with Crippen LogP contribution in [0.15, 0.2) is 0 Å². The summed E-state index contributed by atoms with van der Waals surface area (Å²) in [6.45, 7) is 4.50. The Morgan fingerprint density at radius 3 is 1.47 bits per heavy atom. The van der Waals surface area contributed by atoms with Gasteiger partial charge in [-0.25, -0.2) is 0 Å². The van der Waals surface area contributed by atoms with Crippen LogP contribution in [0.1, 0.15) is 129 Å². The van der Waals surface area contributed by atoms with Crippen LogP contribution in [0.4, 0.5) is 0 Å². The van der Waals surface area contributed by atoms with E-state index >= 15 is 0 Å². The molecule has 0 aromatic carbocycles. The molecule has 0 aliphatic carbocycles. The summed E-state index contributed by atoms with van der Waals surface area (Å²) < 4.78 is 10.6. The summed E-state index contributed by atoms with van der Waals surface area (Å²) in [6, 6.07) is 0. The summed E-state index contributed by atoms with van der Waals surface area (Å²) in [5.41, 5.74) is 0. The number of unbranched alkanes of at least 4 members (excludes halogenated alkanes) is 14. The lowest BCUT2D eigenvalue weighted by Gasteiger charge is -2.15. The van der Waals surface area contributed by atoms with Gasteiger partial charge in [0.1, 0.15) is 12.7 Å². The summed E-state index contributed by atoms with van der Waals surface area (Å²) in [4.78, 5) is 23.8. The monoisotopic (exact) mass is 446 g/mol. The van der Waals surface area contributed by atoms with Gasteiger partial charge in [-0.1, -0.05) is 104 Å². The van der Waals surface area contributed by atoms with Crippen molar-refractivity contribution in [3.8, 4) is 0 Å². The Morgan fingerprint density at radius 1 is 0.633 bits per heavy atom. The van der Waals surface area contributed by atoms with E-state index in [-0.39, 0.29) is 24.4 Å². The summed E-state index contributed by atoms with van der Waals surface area (Å²) in [5.74, 6) is -0.325. The predicted molar refractivity (Wildman–Crippen MR) is 126 cm³/mol. The minimum Gasteiger partial charge on any atom is -0.462 e. The van der Waals surface area contributed by atoms with Gasteiger partial charge in [0.05, 0.1) is 5.88 Å². The molecule has 0 bridgehead atoms. The van der Waals surface area contributed by atoms with Crippen LogP contribution >= 0.6 is 11.6 Å². The van der Waals surface area contributed by atoms with E-state index in [1.807, 2.05) is 0 Å². The first-order valence-electron chi connectivity index (χ1n) is 12.5. The molecule has 0 amide bonds. The van der Waals surface area contributed by atoms with Crippen molar-refractivity contribution in [3.05, 3.63) is 0 Å². The Balaban J connectivity index is 3.63. The van der Waals surface area contributed by atoms with Gasteiger partial charge in [-0.3, -0.25) is 9.59 Å². The highest BCUT2D eigenvalue weighted by molar-refractivity contribution is 6.18. The van der Waals surface area contributed by atoms with Crippen LogP contribution in [0.5, 0.6) is 0 Å². The van der Waals surface area contributed by atoms with E-state index in [9.17, 15) is 9.59 Å². The zero-order chi connectivity index (χ0) is 22.3. The Bertz CT molecular complexity index is 401. The number of alkyl halides is 1. The first-order chi connectivity index (χ1) is 14.6. The number of ether oxygens (including phenoxy) is 2. The van der Waals surface area contributed by atoms with Crippen molar-refractivity contribution in [2.24, 2.45) is 0 Å². The summed E-state index contributed by atoms with van der Waals surface area (Å²) in [7, 11) is 0. The molecule has 0 saturated heterocycles. The molecular weight excluding hydrogens is 400 g/mol. The van der Waals surface area contributed by atoms with E-state index in [0.29, 0.717) is 12.8 Å². The van der Waals surface area contributed by atoms with E-state index in [0.717, 1.165) is 25.7 Å². The van der Waals surface area contributed by atoms with Crippen LogP contribution in [0, 0.1) is 0 Å². The smallest absolute Gasteiger partial charge is 0.306 e. The average Bonchev–Trinajstić information content (AvgIpc) is 2.74. The van der Waals surface area contributed by atoms with Crippen molar-refractivity contribution < 1.29 is 19.1 Å². The molecule has 0 spiro atoms. The van der Waals surface area contributed by atoms with Gasteiger partial charge in [-0.15, -0.1) is 11.6 Å². The second-order valence-corrected chi connectivity index (χ2v) is 8.71. The predicted octanol–water partition coefficient (Wildman–Crippen LogP) is 7.74. The van der Waals surface area contributed by atoms with Crippen LogP contribution < -0.4 is 0 Å². The number of rotatable bonds is 22. The van der Waals surface area contributed by atoms with Crippen molar-refractivity contribution in [1.82, 2.24) is 0 Å². The fourth-order valence-electron chi connectivity index (χ4n) is 3.42. The lowest BCUT2D eigenvalue weighted by atomic mass is 10.1.